The molecule has 114 valence electrons. The topological polar surface area (TPSA) is 38.5 Å². The molecule has 0 saturated carbocycles. The van der Waals surface area contributed by atoms with Crippen molar-refractivity contribution in [3.05, 3.63) is 21.9 Å². The molecular weight excluding hydrogens is 268 g/mol. The monoisotopic (exact) mass is 296 g/mol. The van der Waals surface area contributed by atoms with Crippen molar-refractivity contribution in [2.75, 3.05) is 26.3 Å². The summed E-state index contributed by atoms with van der Waals surface area (Å²) in [7, 11) is 0. The van der Waals surface area contributed by atoms with Crippen molar-refractivity contribution in [3.63, 3.8) is 0 Å². The van der Waals surface area contributed by atoms with Crippen molar-refractivity contribution in [2.45, 2.75) is 51.6 Å². The zero-order valence-electron chi connectivity index (χ0n) is 13.0. The normalized spacial score (nSPS) is 21.6. The fraction of sp³-hybridized carbons (Fsp3) is 0.750. The zero-order chi connectivity index (χ0) is 14.6. The van der Waals surface area contributed by atoms with Crippen molar-refractivity contribution >= 4 is 11.3 Å². The summed E-state index contributed by atoms with van der Waals surface area (Å²) in [6.45, 7) is 10.5. The highest BCUT2D eigenvalue weighted by molar-refractivity contribution is 7.11. The van der Waals surface area contributed by atoms with Crippen LogP contribution in [0.3, 0.4) is 0 Å². The Morgan fingerprint density at radius 2 is 1.95 bits per heavy atom. The summed E-state index contributed by atoms with van der Waals surface area (Å²) in [4.78, 5) is 5.40. The molecule has 2 atom stereocenters. The Kier molecular flexibility index (Phi) is 5.61. The second kappa shape index (κ2) is 7.03. The first-order valence-electron chi connectivity index (χ1n) is 7.76. The minimum absolute atomic E-state index is 0.0696. The van der Waals surface area contributed by atoms with E-state index in [1.54, 1.807) is 0 Å². The number of thiophene rings is 1. The summed E-state index contributed by atoms with van der Waals surface area (Å²) in [6, 6.07) is 4.66. The van der Waals surface area contributed by atoms with Gasteiger partial charge in [0.05, 0.1) is 13.2 Å². The lowest BCUT2D eigenvalue weighted by molar-refractivity contribution is -0.0271. The Hall–Kier alpha value is -0.420. The largest absolute Gasteiger partial charge is 0.379 e. The van der Waals surface area contributed by atoms with Crippen LogP contribution in [0.25, 0.3) is 0 Å². The van der Waals surface area contributed by atoms with Crippen LogP contribution in [0.15, 0.2) is 12.1 Å². The second-order valence-electron chi connectivity index (χ2n) is 5.84. The first-order chi connectivity index (χ1) is 9.60. The van der Waals surface area contributed by atoms with Crippen molar-refractivity contribution in [1.29, 1.82) is 0 Å². The molecule has 0 radical (unpaired) electrons. The molecule has 1 aliphatic heterocycles. The van der Waals surface area contributed by atoms with Gasteiger partial charge < -0.3 is 10.5 Å². The lowest BCUT2D eigenvalue weighted by atomic mass is 9.85. The number of hydrogen-bond donors (Lipinski definition) is 1. The molecule has 2 heterocycles. The van der Waals surface area contributed by atoms with Gasteiger partial charge in [-0.15, -0.1) is 11.3 Å². The number of morpholine rings is 1. The van der Waals surface area contributed by atoms with E-state index in [1.165, 1.54) is 9.75 Å². The van der Waals surface area contributed by atoms with E-state index in [1.807, 2.05) is 11.3 Å². The molecule has 1 aromatic heterocycles. The Bertz CT molecular complexity index is 414. The van der Waals surface area contributed by atoms with E-state index in [0.717, 1.165) is 45.6 Å². The number of nitrogens with two attached hydrogens (primary N) is 1. The molecule has 2 unspecified atom stereocenters. The summed E-state index contributed by atoms with van der Waals surface area (Å²) in [5.41, 5.74) is 6.67. The minimum Gasteiger partial charge on any atom is -0.379 e. The van der Waals surface area contributed by atoms with E-state index in [-0.39, 0.29) is 11.6 Å². The molecule has 2 N–H and O–H groups in total. The van der Waals surface area contributed by atoms with Gasteiger partial charge in [0, 0.05) is 34.4 Å². The molecular formula is C16H28N2OS. The number of aryl methyl sites for hydroxylation is 1. The average Bonchev–Trinajstić information content (AvgIpc) is 2.94. The quantitative estimate of drug-likeness (QED) is 0.877. The van der Waals surface area contributed by atoms with Crippen molar-refractivity contribution < 1.29 is 4.74 Å². The molecule has 1 saturated heterocycles. The lowest BCUT2D eigenvalue weighted by Gasteiger charge is -2.46. The SMILES string of the molecule is CCc1ccc(CC(N)C(C)(CC)N2CCOCC2)s1. The molecule has 0 bridgehead atoms. The van der Waals surface area contributed by atoms with E-state index in [0.29, 0.717) is 0 Å². The van der Waals surface area contributed by atoms with Crippen LogP contribution in [-0.4, -0.2) is 42.8 Å². The molecule has 1 aromatic rings. The second-order valence-corrected chi connectivity index (χ2v) is 7.10. The van der Waals surface area contributed by atoms with Crippen molar-refractivity contribution in [1.82, 2.24) is 4.90 Å². The Morgan fingerprint density at radius 3 is 2.50 bits per heavy atom. The Morgan fingerprint density at radius 1 is 1.30 bits per heavy atom. The van der Waals surface area contributed by atoms with Gasteiger partial charge in [0.15, 0.2) is 0 Å². The van der Waals surface area contributed by atoms with Crippen LogP contribution in [0.5, 0.6) is 0 Å². The predicted octanol–water partition coefficient (Wildman–Crippen LogP) is 2.68. The van der Waals surface area contributed by atoms with Crippen LogP contribution in [0, 0.1) is 0 Å². The van der Waals surface area contributed by atoms with Crippen molar-refractivity contribution in [2.24, 2.45) is 5.73 Å². The highest BCUT2D eigenvalue weighted by Crippen LogP contribution is 2.28. The van der Waals surface area contributed by atoms with Gasteiger partial charge in [-0.05, 0) is 38.3 Å². The summed E-state index contributed by atoms with van der Waals surface area (Å²) in [5, 5.41) is 0. The van der Waals surface area contributed by atoms with Gasteiger partial charge in [-0.25, -0.2) is 0 Å². The molecule has 2 rings (SSSR count). The minimum atomic E-state index is 0.0696. The molecule has 0 aliphatic carbocycles. The third-order valence-electron chi connectivity index (χ3n) is 4.73. The maximum atomic E-state index is 6.60. The first kappa shape index (κ1) is 16.0. The van der Waals surface area contributed by atoms with E-state index in [2.05, 4.69) is 37.8 Å². The zero-order valence-corrected chi connectivity index (χ0v) is 13.8. The van der Waals surface area contributed by atoms with Gasteiger partial charge in [0.1, 0.15) is 0 Å². The number of rotatable bonds is 6. The Labute approximate surface area is 127 Å². The lowest BCUT2D eigenvalue weighted by Crippen LogP contribution is -2.61. The van der Waals surface area contributed by atoms with E-state index in [4.69, 9.17) is 10.5 Å². The standard InChI is InChI=1S/C16H28N2OS/c1-4-13-6-7-14(20-13)12-15(17)16(3,5-2)18-8-10-19-11-9-18/h6-7,15H,4-5,8-12,17H2,1-3H3. The van der Waals surface area contributed by atoms with Crippen LogP contribution in [-0.2, 0) is 17.6 Å². The van der Waals surface area contributed by atoms with Crippen LogP contribution >= 0.6 is 11.3 Å². The summed E-state index contributed by atoms with van der Waals surface area (Å²) in [6.07, 6.45) is 3.18. The summed E-state index contributed by atoms with van der Waals surface area (Å²) < 4.78 is 5.47. The van der Waals surface area contributed by atoms with Gasteiger partial charge in [-0.1, -0.05) is 13.8 Å². The third-order valence-corrected chi connectivity index (χ3v) is 5.99. The van der Waals surface area contributed by atoms with E-state index in [9.17, 15) is 0 Å². The molecule has 1 fully saturated rings. The molecule has 0 aromatic carbocycles. The van der Waals surface area contributed by atoms with Crippen LogP contribution in [0.2, 0.25) is 0 Å². The predicted molar refractivity (Wildman–Crippen MR) is 86.5 cm³/mol. The molecule has 3 nitrogen and oxygen atoms in total. The highest BCUT2D eigenvalue weighted by atomic mass is 32.1. The molecule has 1 aliphatic rings. The molecule has 20 heavy (non-hydrogen) atoms. The smallest absolute Gasteiger partial charge is 0.0594 e. The summed E-state index contributed by atoms with van der Waals surface area (Å²) in [5.74, 6) is 0. The van der Waals surface area contributed by atoms with E-state index >= 15 is 0 Å². The molecule has 0 amide bonds. The van der Waals surface area contributed by atoms with Crippen LogP contribution in [0.1, 0.15) is 36.9 Å². The maximum Gasteiger partial charge on any atom is 0.0594 e. The Balaban J connectivity index is 2.04. The van der Waals surface area contributed by atoms with Gasteiger partial charge in [0.25, 0.3) is 0 Å². The summed E-state index contributed by atoms with van der Waals surface area (Å²) >= 11 is 1.91. The number of ether oxygens (including phenoxy) is 1. The molecule has 0 spiro atoms. The van der Waals surface area contributed by atoms with Gasteiger partial charge in [-0.2, -0.15) is 0 Å². The first-order valence-corrected chi connectivity index (χ1v) is 8.57. The van der Waals surface area contributed by atoms with Gasteiger partial charge >= 0.3 is 0 Å². The fourth-order valence-corrected chi connectivity index (χ4v) is 3.97. The number of nitrogens with zero attached hydrogens (tertiary/aromatic N) is 1. The van der Waals surface area contributed by atoms with Crippen LogP contribution < -0.4 is 5.73 Å². The van der Waals surface area contributed by atoms with Gasteiger partial charge in [-0.3, -0.25) is 4.90 Å². The average molecular weight is 296 g/mol. The van der Waals surface area contributed by atoms with E-state index < -0.39 is 0 Å². The molecule has 4 heteroatoms. The van der Waals surface area contributed by atoms with Crippen LogP contribution in [0.4, 0.5) is 0 Å². The van der Waals surface area contributed by atoms with Gasteiger partial charge in [0.2, 0.25) is 0 Å². The van der Waals surface area contributed by atoms with Crippen molar-refractivity contribution in [3.8, 4) is 0 Å². The maximum absolute atomic E-state index is 6.60. The number of hydrogen-bond acceptors (Lipinski definition) is 4. The third kappa shape index (κ3) is 3.42. The fourth-order valence-electron chi connectivity index (χ4n) is 2.95. The highest BCUT2D eigenvalue weighted by Gasteiger charge is 2.37.